The Labute approximate surface area is 174 Å². The fourth-order valence-electron chi connectivity index (χ4n) is 3.39. The Kier molecular flexibility index (Phi) is 6.10. The Morgan fingerprint density at radius 3 is 2.61 bits per heavy atom. The van der Waals surface area contributed by atoms with Crippen molar-refractivity contribution < 1.29 is 40.7 Å². The van der Waals surface area contributed by atoms with E-state index in [1.165, 1.54) is 5.32 Å². The molecule has 2 fully saturated rings. The summed E-state index contributed by atoms with van der Waals surface area (Å²) in [6.07, 6.45) is -4.49. The Morgan fingerprint density at radius 2 is 1.97 bits per heavy atom. The van der Waals surface area contributed by atoms with Crippen LogP contribution in [0.25, 0.3) is 0 Å². The smallest absolute Gasteiger partial charge is 0.465 e. The van der Waals surface area contributed by atoms with E-state index in [0.717, 1.165) is 15.4 Å². The molecule has 0 radical (unpaired) electrons. The number of piperazine rings is 1. The number of hydrogen-bond acceptors (Lipinski definition) is 5. The quantitative estimate of drug-likeness (QED) is 0.477. The fraction of sp³-hybridized carbons (Fsp3) is 0.471. The average Bonchev–Trinajstić information content (AvgIpc) is 2.78. The molecule has 2 N–H and O–H groups in total. The zero-order valence-corrected chi connectivity index (χ0v) is 16.5. The molecule has 31 heavy (non-hydrogen) atoms. The number of pyridine rings is 1. The number of carboxylic acid groups (broad SMARTS) is 1. The number of rotatable bonds is 1. The molecule has 2 saturated heterocycles. The molecule has 3 unspecified atom stereocenters. The van der Waals surface area contributed by atoms with E-state index in [4.69, 9.17) is 0 Å². The van der Waals surface area contributed by atoms with E-state index in [0.29, 0.717) is 12.6 Å². The minimum absolute atomic E-state index is 0.134. The number of aromatic nitrogens is 1. The number of hydrogen-bond donors (Lipinski definition) is 2. The van der Waals surface area contributed by atoms with Crippen LogP contribution in [-0.2, 0) is 14.8 Å². The average molecular weight is 464 g/mol. The zero-order valence-electron chi connectivity index (χ0n) is 15.7. The van der Waals surface area contributed by atoms with Crippen molar-refractivity contribution in [3.63, 3.8) is 0 Å². The first kappa shape index (κ1) is 22.8. The molecule has 2 amide bonds. The third kappa shape index (κ3) is 4.88. The van der Waals surface area contributed by atoms with Crippen LogP contribution in [0.2, 0.25) is 0 Å². The van der Waals surface area contributed by atoms with Gasteiger partial charge in [0.25, 0.3) is 0 Å². The summed E-state index contributed by atoms with van der Waals surface area (Å²) in [5.74, 6) is 0.977. The van der Waals surface area contributed by atoms with E-state index < -0.39 is 57.4 Å². The summed E-state index contributed by atoms with van der Waals surface area (Å²) in [6.45, 7) is -0.451. The number of carbonyl (C=O) groups excluding carboxylic acids is 1. The Hall–Kier alpha value is -2.92. The van der Waals surface area contributed by atoms with Gasteiger partial charge in [-0.1, -0.05) is 11.8 Å². The molecular formula is C17H16F4N4O5S. The lowest BCUT2D eigenvalue weighted by Crippen LogP contribution is -2.59. The summed E-state index contributed by atoms with van der Waals surface area (Å²) in [5.41, 5.74) is -1.29. The molecule has 0 spiro atoms. The second kappa shape index (κ2) is 8.31. The summed E-state index contributed by atoms with van der Waals surface area (Å²) in [4.78, 5) is 27.2. The SMILES string of the molecule is O=C(O)N1CC(C#Cc2c(F)cncc2NC(=O)C(F)(F)F)N2CC1CCCS2(=O)=O. The third-order valence-corrected chi connectivity index (χ3v) is 6.78. The molecule has 1 aromatic heterocycles. The highest BCUT2D eigenvalue weighted by atomic mass is 32.2. The highest BCUT2D eigenvalue weighted by molar-refractivity contribution is 7.89. The molecular weight excluding hydrogens is 448 g/mol. The molecule has 3 rings (SSSR count). The summed E-state index contributed by atoms with van der Waals surface area (Å²) < 4.78 is 77.9. The number of alkyl halides is 3. The van der Waals surface area contributed by atoms with Gasteiger partial charge in [-0.05, 0) is 12.8 Å². The van der Waals surface area contributed by atoms with Gasteiger partial charge in [-0.2, -0.15) is 17.5 Å². The fourth-order valence-corrected chi connectivity index (χ4v) is 5.06. The maximum atomic E-state index is 14.2. The molecule has 168 valence electrons. The molecule has 3 atom stereocenters. The van der Waals surface area contributed by atoms with Crippen LogP contribution < -0.4 is 5.32 Å². The van der Waals surface area contributed by atoms with Crippen LogP contribution in [0.1, 0.15) is 18.4 Å². The minimum Gasteiger partial charge on any atom is -0.465 e. The number of nitrogens with one attached hydrogen (secondary N) is 1. The van der Waals surface area contributed by atoms with Gasteiger partial charge in [-0.3, -0.25) is 9.78 Å². The lowest BCUT2D eigenvalue weighted by atomic mass is 10.1. The predicted octanol–water partition coefficient (Wildman–Crippen LogP) is 1.23. The van der Waals surface area contributed by atoms with Crippen molar-refractivity contribution in [1.82, 2.24) is 14.2 Å². The van der Waals surface area contributed by atoms with E-state index in [-0.39, 0.29) is 25.3 Å². The third-order valence-electron chi connectivity index (χ3n) is 4.86. The number of amides is 2. The highest BCUT2D eigenvalue weighted by Gasteiger charge is 2.43. The minimum atomic E-state index is -5.24. The largest absolute Gasteiger partial charge is 0.471 e. The maximum Gasteiger partial charge on any atom is 0.471 e. The molecule has 14 heteroatoms. The van der Waals surface area contributed by atoms with Crippen LogP contribution >= 0.6 is 0 Å². The van der Waals surface area contributed by atoms with Gasteiger partial charge < -0.3 is 15.3 Å². The highest BCUT2D eigenvalue weighted by Crippen LogP contribution is 2.27. The van der Waals surface area contributed by atoms with Gasteiger partial charge in [0.15, 0.2) is 5.82 Å². The van der Waals surface area contributed by atoms with Crippen molar-refractivity contribution in [1.29, 1.82) is 0 Å². The summed E-state index contributed by atoms with van der Waals surface area (Å²) in [5, 5.41) is 10.9. The van der Waals surface area contributed by atoms with Gasteiger partial charge in [0, 0.05) is 12.6 Å². The zero-order chi connectivity index (χ0) is 23.0. The normalized spacial score (nSPS) is 25.0. The summed E-state index contributed by atoms with van der Waals surface area (Å²) in [6, 6.07) is -1.75. The van der Waals surface area contributed by atoms with Crippen LogP contribution in [0, 0.1) is 17.7 Å². The maximum absolute atomic E-state index is 14.2. The Balaban J connectivity index is 1.98. The molecule has 1 aromatic rings. The molecule has 2 aliphatic heterocycles. The number of anilines is 1. The van der Waals surface area contributed by atoms with E-state index in [2.05, 4.69) is 16.8 Å². The Bertz CT molecular complexity index is 1070. The molecule has 0 saturated carbocycles. The van der Waals surface area contributed by atoms with Gasteiger partial charge in [-0.25, -0.2) is 17.6 Å². The van der Waals surface area contributed by atoms with Gasteiger partial charge >= 0.3 is 18.2 Å². The van der Waals surface area contributed by atoms with Crippen molar-refractivity contribution >= 4 is 27.7 Å². The second-order valence-electron chi connectivity index (χ2n) is 6.90. The van der Waals surface area contributed by atoms with Crippen LogP contribution in [0.15, 0.2) is 12.4 Å². The molecule has 2 bridgehead atoms. The number of sulfonamides is 1. The van der Waals surface area contributed by atoms with E-state index in [1.54, 1.807) is 0 Å². The summed E-state index contributed by atoms with van der Waals surface area (Å²) >= 11 is 0. The standard InChI is InChI=1S/C17H16F4N4O5S/c18-13-6-22-7-14(23-15(26)17(19,20)21)12(13)4-3-11-8-24(16(27)28)10-2-1-5-31(29,30)25(11)9-10/h6-7,10-11H,1-2,5,8-9H2,(H,23,26)(H,27,28). The van der Waals surface area contributed by atoms with E-state index in [9.17, 15) is 40.7 Å². The van der Waals surface area contributed by atoms with Gasteiger partial charge in [-0.15, -0.1) is 0 Å². The van der Waals surface area contributed by atoms with Crippen LogP contribution in [0.3, 0.4) is 0 Å². The predicted molar refractivity (Wildman–Crippen MR) is 97.8 cm³/mol. The van der Waals surface area contributed by atoms with Crippen LogP contribution in [0.5, 0.6) is 0 Å². The Morgan fingerprint density at radius 1 is 1.26 bits per heavy atom. The van der Waals surface area contributed by atoms with Gasteiger partial charge in [0.05, 0.1) is 35.9 Å². The molecule has 9 nitrogen and oxygen atoms in total. The second-order valence-corrected chi connectivity index (χ2v) is 8.94. The first-order valence-corrected chi connectivity index (χ1v) is 10.5. The molecule has 0 aromatic carbocycles. The van der Waals surface area contributed by atoms with E-state index in [1.807, 2.05) is 0 Å². The summed E-state index contributed by atoms with van der Waals surface area (Å²) in [7, 11) is -3.77. The van der Waals surface area contributed by atoms with Gasteiger partial charge in [0.1, 0.15) is 6.04 Å². The molecule has 0 aliphatic carbocycles. The molecule has 2 aliphatic rings. The lowest BCUT2D eigenvalue weighted by Gasteiger charge is -2.40. The first-order valence-electron chi connectivity index (χ1n) is 8.92. The topological polar surface area (TPSA) is 120 Å². The molecule has 3 heterocycles. The monoisotopic (exact) mass is 464 g/mol. The van der Waals surface area contributed by atoms with Gasteiger partial charge in [0.2, 0.25) is 10.0 Å². The van der Waals surface area contributed by atoms with E-state index >= 15 is 0 Å². The van der Waals surface area contributed by atoms with Crippen molar-refractivity contribution in [2.45, 2.75) is 31.1 Å². The van der Waals surface area contributed by atoms with Crippen molar-refractivity contribution in [3.05, 3.63) is 23.8 Å². The van der Waals surface area contributed by atoms with Crippen molar-refractivity contribution in [3.8, 4) is 11.8 Å². The van der Waals surface area contributed by atoms with Crippen LogP contribution in [-0.4, -0.2) is 76.8 Å². The number of halogens is 4. The number of nitrogens with zero attached hydrogens (tertiary/aromatic N) is 3. The lowest BCUT2D eigenvalue weighted by molar-refractivity contribution is -0.167. The number of carbonyl (C=O) groups is 2. The first-order chi connectivity index (χ1) is 14.4. The van der Waals surface area contributed by atoms with Crippen molar-refractivity contribution in [2.24, 2.45) is 0 Å². The van der Waals surface area contributed by atoms with Crippen molar-refractivity contribution in [2.75, 3.05) is 24.2 Å². The number of fused-ring (bicyclic) bond motifs is 2. The van der Waals surface area contributed by atoms with Crippen LogP contribution in [0.4, 0.5) is 28.0 Å².